The van der Waals surface area contributed by atoms with Crippen molar-refractivity contribution in [2.45, 2.75) is 31.8 Å². The lowest BCUT2D eigenvalue weighted by molar-refractivity contribution is -0.142. The number of rotatable bonds is 10. The molecular weight excluding hydrogens is 500 g/mol. The van der Waals surface area contributed by atoms with Gasteiger partial charge in [0, 0.05) is 24.8 Å². The Kier molecular flexibility index (Phi) is 11.7. The van der Waals surface area contributed by atoms with Gasteiger partial charge >= 0.3 is 11.9 Å². The largest absolute Gasteiger partial charge is 0.480 e. The van der Waals surface area contributed by atoms with E-state index >= 15 is 0 Å². The quantitative estimate of drug-likeness (QED) is 0.119. The maximum atomic E-state index is 11.7. The van der Waals surface area contributed by atoms with E-state index in [0.29, 0.717) is 11.1 Å². The summed E-state index contributed by atoms with van der Waals surface area (Å²) in [5.74, 6) is -4.46. The minimum Gasteiger partial charge on any atom is -0.480 e. The summed E-state index contributed by atoms with van der Waals surface area (Å²) in [6.07, 6.45) is -0.398. The van der Waals surface area contributed by atoms with Crippen LogP contribution < -0.4 is 32.8 Å². The fraction of sp³-hybridized carbons (Fsp3) is 0.350. The summed E-state index contributed by atoms with van der Waals surface area (Å²) < 4.78 is 0. The zero-order valence-corrected chi connectivity index (χ0v) is 19.9. The zero-order chi connectivity index (χ0) is 27.4. The van der Waals surface area contributed by atoms with Gasteiger partial charge < -0.3 is 31.9 Å². The summed E-state index contributed by atoms with van der Waals surface area (Å²) in [7, 11) is 0. The number of nitrogens with one attached hydrogen (secondary N) is 5. The van der Waals surface area contributed by atoms with E-state index in [4.69, 9.17) is 15.9 Å². The molecule has 9 N–H and O–H groups in total. The molecule has 15 nitrogen and oxygen atoms in total. The molecule has 0 bridgehead atoms. The van der Waals surface area contributed by atoms with Crippen molar-refractivity contribution in [2.24, 2.45) is 0 Å². The van der Waals surface area contributed by atoms with E-state index in [1.165, 1.54) is 0 Å². The molecule has 36 heavy (non-hydrogen) atoms. The average molecular weight is 527 g/mol. The van der Waals surface area contributed by atoms with Crippen LogP contribution in [0.3, 0.4) is 0 Å². The number of carbonyl (C=O) groups is 5. The molecule has 2 rings (SSSR count). The van der Waals surface area contributed by atoms with Crippen LogP contribution in [0.5, 0.6) is 0 Å². The third-order valence-corrected chi connectivity index (χ3v) is 4.81. The van der Waals surface area contributed by atoms with Crippen molar-refractivity contribution in [1.29, 1.82) is 0 Å². The first-order valence-electron chi connectivity index (χ1n) is 10.3. The second-order valence-electron chi connectivity index (χ2n) is 7.22. The normalized spacial score (nSPS) is 11.8. The van der Waals surface area contributed by atoms with Crippen LogP contribution in [-0.4, -0.2) is 74.5 Å². The molecule has 3 amide bonds. The molecule has 0 saturated heterocycles. The second-order valence-corrected chi connectivity index (χ2v) is 7.59. The molecule has 0 radical (unpaired) electrons. The van der Waals surface area contributed by atoms with Gasteiger partial charge in [-0.25, -0.2) is 4.79 Å². The van der Waals surface area contributed by atoms with Crippen molar-refractivity contribution < 1.29 is 34.2 Å². The summed E-state index contributed by atoms with van der Waals surface area (Å²) in [5.41, 5.74) is 5.14. The predicted octanol–water partition coefficient (Wildman–Crippen LogP) is -2.23. The summed E-state index contributed by atoms with van der Waals surface area (Å²) >= 11 is 3.89. The highest BCUT2D eigenvalue weighted by atomic mass is 32.1. The Morgan fingerprint density at radius 2 is 1.67 bits per heavy atom. The number of aliphatic carboxylic acids is 2. The van der Waals surface area contributed by atoms with Crippen molar-refractivity contribution in [1.82, 2.24) is 26.1 Å². The van der Waals surface area contributed by atoms with Crippen molar-refractivity contribution in [3.8, 4) is 0 Å². The summed E-state index contributed by atoms with van der Waals surface area (Å²) in [6, 6.07) is 2.51. The van der Waals surface area contributed by atoms with Gasteiger partial charge in [-0.05, 0) is 18.6 Å². The van der Waals surface area contributed by atoms with E-state index in [9.17, 15) is 33.6 Å². The van der Waals surface area contributed by atoms with E-state index in [-0.39, 0.29) is 35.1 Å². The molecule has 1 heterocycles. The Labute approximate surface area is 208 Å². The van der Waals surface area contributed by atoms with Gasteiger partial charge in [-0.15, -0.1) is 0 Å². The number of nitrogens with two attached hydrogens (primary N) is 1. The molecule has 16 heteroatoms. The van der Waals surface area contributed by atoms with Crippen LogP contribution in [0.1, 0.15) is 19.8 Å². The third kappa shape index (κ3) is 9.49. The lowest BCUT2D eigenvalue weighted by atomic mass is 10.1. The van der Waals surface area contributed by atoms with Gasteiger partial charge in [0.1, 0.15) is 18.6 Å². The molecule has 1 aromatic heterocycles. The van der Waals surface area contributed by atoms with Crippen molar-refractivity contribution in [2.75, 3.05) is 18.0 Å². The van der Waals surface area contributed by atoms with Crippen LogP contribution in [0, 0.1) is 0 Å². The number of amides is 3. The molecule has 1 aromatic carbocycles. The van der Waals surface area contributed by atoms with Crippen LogP contribution >= 0.6 is 12.6 Å². The monoisotopic (exact) mass is 526 g/mol. The maximum Gasteiger partial charge on any atom is 0.326 e. The van der Waals surface area contributed by atoms with E-state index in [1.54, 1.807) is 18.2 Å². The number of benzene rings is 1. The molecule has 0 fully saturated rings. The molecule has 2 atom stereocenters. The van der Waals surface area contributed by atoms with Gasteiger partial charge in [0.05, 0.1) is 10.8 Å². The van der Waals surface area contributed by atoms with Crippen molar-refractivity contribution in [3.05, 3.63) is 38.9 Å². The lowest BCUT2D eigenvalue weighted by Crippen LogP contribution is -2.49. The van der Waals surface area contributed by atoms with Crippen LogP contribution in [0.2, 0.25) is 0 Å². The first-order valence-corrected chi connectivity index (χ1v) is 10.9. The number of carboxylic acids is 2. The van der Waals surface area contributed by atoms with Crippen LogP contribution in [0.25, 0.3) is 10.8 Å². The Morgan fingerprint density at radius 3 is 2.19 bits per heavy atom. The first kappa shape index (κ1) is 29.7. The minimum atomic E-state index is -1.28. The average Bonchev–Trinajstić information content (AvgIpc) is 2.81. The number of thiol groups is 1. The topological polar surface area (TPSA) is 254 Å². The third-order valence-electron chi connectivity index (χ3n) is 4.44. The molecule has 0 aliphatic heterocycles. The number of carbonyl (C=O) groups excluding carboxylic acids is 3. The highest BCUT2D eigenvalue weighted by Crippen LogP contribution is 2.11. The van der Waals surface area contributed by atoms with E-state index in [1.807, 2.05) is 0 Å². The molecule has 0 spiro atoms. The number of aromatic nitrogens is 2. The van der Waals surface area contributed by atoms with Gasteiger partial charge in [-0.2, -0.15) is 12.6 Å². The summed E-state index contributed by atoms with van der Waals surface area (Å²) in [5, 5.41) is 28.9. The number of aromatic amines is 2. The van der Waals surface area contributed by atoms with Gasteiger partial charge in [-0.3, -0.25) is 39.0 Å². The zero-order valence-electron chi connectivity index (χ0n) is 19.0. The molecule has 0 aliphatic rings. The lowest BCUT2D eigenvalue weighted by Gasteiger charge is -2.17. The van der Waals surface area contributed by atoms with Gasteiger partial charge in [0.2, 0.25) is 17.7 Å². The number of hydrogen-bond donors (Lipinski definition) is 9. The Bertz CT molecular complexity index is 1240. The number of anilines is 1. The standard InChI is InChI=1S/C12H19N3O7S.C8H7N3O2/c1-6(16)14-7(12(21)22)2-3-9(17)15-8(5-23)11(20)13-4-10(18)19;9-5-3-1-2-4-6(5)8(13)11-10-7(4)12/h7-8,23H,2-5H2,1H3,(H,13,20)(H,14,16)(H,15,17)(H,18,19)(H,21,22);1-3H,9H2,(H,10,12)(H,11,13)/t7-,8-;/m0./s1. The Hall–Kier alpha value is -4.34. The van der Waals surface area contributed by atoms with Gasteiger partial charge in [0.25, 0.3) is 11.1 Å². The van der Waals surface area contributed by atoms with Crippen molar-refractivity contribution >= 4 is 58.7 Å². The predicted molar refractivity (Wildman–Crippen MR) is 131 cm³/mol. The Morgan fingerprint density at radius 1 is 1.03 bits per heavy atom. The smallest absolute Gasteiger partial charge is 0.326 e. The highest BCUT2D eigenvalue weighted by molar-refractivity contribution is 7.80. The summed E-state index contributed by atoms with van der Waals surface area (Å²) in [4.78, 5) is 77.9. The van der Waals surface area contributed by atoms with Crippen molar-refractivity contribution in [3.63, 3.8) is 0 Å². The Balaban J connectivity index is 0.000000414. The van der Waals surface area contributed by atoms with Crippen LogP contribution in [0.15, 0.2) is 27.8 Å². The van der Waals surface area contributed by atoms with Gasteiger partial charge in [0.15, 0.2) is 0 Å². The van der Waals surface area contributed by atoms with E-state index in [2.05, 4.69) is 38.8 Å². The van der Waals surface area contributed by atoms with Gasteiger partial charge in [-0.1, -0.05) is 6.07 Å². The molecule has 196 valence electrons. The van der Waals surface area contributed by atoms with Crippen LogP contribution in [0.4, 0.5) is 5.69 Å². The fourth-order valence-electron chi connectivity index (χ4n) is 2.78. The number of hydrogen-bond acceptors (Lipinski definition) is 9. The molecule has 0 aliphatic carbocycles. The number of carboxylic acid groups (broad SMARTS) is 2. The maximum absolute atomic E-state index is 11.7. The number of H-pyrrole nitrogens is 2. The molecule has 0 unspecified atom stereocenters. The summed E-state index contributed by atoms with van der Waals surface area (Å²) in [6.45, 7) is 0.558. The SMILES string of the molecule is CC(=O)N[C@@H](CCC(=O)N[C@@H](CS)C(=O)NCC(=O)O)C(=O)O.Nc1cccc2c(=O)[nH][nH]c(=O)c12. The van der Waals surface area contributed by atoms with Crippen LogP contribution in [-0.2, 0) is 24.0 Å². The minimum absolute atomic E-state index is 0.0642. The molecule has 2 aromatic rings. The first-order chi connectivity index (χ1) is 16.9. The second kappa shape index (κ2) is 14.1. The number of fused-ring (bicyclic) bond motifs is 1. The van der Waals surface area contributed by atoms with E-state index in [0.717, 1.165) is 6.92 Å². The highest BCUT2D eigenvalue weighted by Gasteiger charge is 2.23. The molecular formula is C20H26N6O9S. The van der Waals surface area contributed by atoms with E-state index < -0.39 is 48.3 Å². The number of nitrogen functional groups attached to an aromatic ring is 1. The molecule has 0 saturated carbocycles. The fourth-order valence-corrected chi connectivity index (χ4v) is 3.04.